The van der Waals surface area contributed by atoms with Crippen LogP contribution in [0.15, 0.2) is 50.9 Å². The zero-order chi connectivity index (χ0) is 20.1. The highest BCUT2D eigenvalue weighted by Crippen LogP contribution is 2.33. The highest BCUT2D eigenvalue weighted by atomic mass is 79.9. The topological polar surface area (TPSA) is 103 Å². The first-order valence-corrected chi connectivity index (χ1v) is 9.12. The summed E-state index contributed by atoms with van der Waals surface area (Å²) >= 11 is 7.43. The number of nitrogens with zero attached hydrogens (tertiary/aromatic N) is 3. The summed E-state index contributed by atoms with van der Waals surface area (Å²) in [4.78, 5) is 22.3. The molecule has 0 atom stereocenters. The third kappa shape index (κ3) is 4.81. The highest BCUT2D eigenvalue weighted by Gasteiger charge is 2.19. The van der Waals surface area contributed by atoms with Crippen molar-refractivity contribution in [3.63, 3.8) is 0 Å². The predicted octanol–water partition coefficient (Wildman–Crippen LogP) is 3.32. The largest absolute Gasteiger partial charge is 0.505 e. The van der Waals surface area contributed by atoms with E-state index in [1.165, 1.54) is 4.90 Å². The van der Waals surface area contributed by atoms with Crippen molar-refractivity contribution in [3.05, 3.63) is 52.0 Å². The number of nitrogens with one attached hydrogen (secondary N) is 1. The molecule has 1 amide bonds. The van der Waals surface area contributed by atoms with Crippen LogP contribution in [0.5, 0.6) is 5.75 Å². The molecule has 2 aromatic rings. The standard InChI is InChI=1S/C18H20BrN5O2S/c1-10-8-9-13(15(25)14(10)18(26)24(2)3)21-16(20)17(23-27)22-12-7-5-4-6-11(12)19/h4-9,25,27H,1-3H3,(H2,20,21)(H,22,23). The van der Waals surface area contributed by atoms with Crippen molar-refractivity contribution in [1.82, 2.24) is 9.62 Å². The van der Waals surface area contributed by atoms with Gasteiger partial charge in [-0.25, -0.2) is 9.98 Å². The number of nitrogens with two attached hydrogens (primary N) is 1. The maximum atomic E-state index is 12.3. The predicted molar refractivity (Wildman–Crippen MR) is 116 cm³/mol. The molecule has 0 radical (unpaired) electrons. The minimum absolute atomic E-state index is 0.00292. The summed E-state index contributed by atoms with van der Waals surface area (Å²) in [5.41, 5.74) is 7.64. The van der Waals surface area contributed by atoms with Gasteiger partial charge in [0.25, 0.3) is 5.91 Å². The van der Waals surface area contributed by atoms with Crippen LogP contribution in [0.2, 0.25) is 0 Å². The number of benzene rings is 2. The van der Waals surface area contributed by atoms with Crippen LogP contribution in [0, 0.1) is 6.92 Å². The molecule has 0 saturated carbocycles. The molecular weight excluding hydrogens is 430 g/mol. The first-order valence-electron chi connectivity index (χ1n) is 7.88. The number of aryl methyl sites for hydroxylation is 1. The lowest BCUT2D eigenvalue weighted by molar-refractivity contribution is 0.0824. The molecule has 0 fully saturated rings. The SMILES string of the molecule is Cc1ccc(N=C(N)C(=Nc2ccccc2Br)NS)c(O)c1C(=O)N(C)C. The number of hydrogen-bond donors (Lipinski definition) is 4. The zero-order valence-electron chi connectivity index (χ0n) is 15.1. The van der Waals surface area contributed by atoms with Gasteiger partial charge in [0.2, 0.25) is 0 Å². The molecule has 7 nitrogen and oxygen atoms in total. The van der Waals surface area contributed by atoms with Crippen LogP contribution in [0.4, 0.5) is 11.4 Å². The minimum atomic E-state index is -0.324. The molecule has 2 aromatic carbocycles. The van der Waals surface area contributed by atoms with Gasteiger partial charge in [-0.2, -0.15) is 0 Å². The van der Waals surface area contributed by atoms with Gasteiger partial charge in [-0.15, -0.1) is 0 Å². The molecule has 0 spiro atoms. The number of amidine groups is 2. The number of rotatable bonds is 3. The molecule has 2 rings (SSSR count). The quantitative estimate of drug-likeness (QED) is 0.327. The van der Waals surface area contributed by atoms with Gasteiger partial charge in [-0.05, 0) is 46.6 Å². The third-order valence-electron chi connectivity index (χ3n) is 3.66. The lowest BCUT2D eigenvalue weighted by Crippen LogP contribution is -2.31. The molecule has 0 heterocycles. The monoisotopic (exact) mass is 449 g/mol. The fraction of sp³-hybridized carbons (Fsp3) is 0.167. The Labute approximate surface area is 171 Å². The van der Waals surface area contributed by atoms with Crippen LogP contribution < -0.4 is 10.5 Å². The number of para-hydroxylation sites is 1. The number of halogens is 1. The number of aliphatic imine (C=N–C) groups is 2. The molecule has 0 saturated heterocycles. The van der Waals surface area contributed by atoms with Crippen molar-refractivity contribution in [3.8, 4) is 5.75 Å². The summed E-state index contributed by atoms with van der Waals surface area (Å²) in [5.74, 6) is -0.361. The fourth-order valence-electron chi connectivity index (χ4n) is 2.25. The van der Waals surface area contributed by atoms with Crippen molar-refractivity contribution in [2.45, 2.75) is 6.92 Å². The van der Waals surface area contributed by atoms with Gasteiger partial charge in [0.15, 0.2) is 17.4 Å². The molecule has 0 aromatic heterocycles. The fourth-order valence-corrected chi connectivity index (χ4v) is 2.79. The average Bonchev–Trinajstić information content (AvgIpc) is 2.63. The molecule has 27 heavy (non-hydrogen) atoms. The number of thiol groups is 1. The third-order valence-corrected chi connectivity index (χ3v) is 4.54. The maximum absolute atomic E-state index is 12.3. The van der Waals surface area contributed by atoms with E-state index in [4.69, 9.17) is 5.73 Å². The summed E-state index contributed by atoms with van der Waals surface area (Å²) in [5, 5.41) is 10.5. The molecule has 4 N–H and O–H groups in total. The molecule has 9 heteroatoms. The number of phenols is 1. The average molecular weight is 450 g/mol. The summed E-state index contributed by atoms with van der Waals surface area (Å²) in [6, 6.07) is 10.6. The van der Waals surface area contributed by atoms with Crippen LogP contribution in [0.25, 0.3) is 0 Å². The highest BCUT2D eigenvalue weighted by molar-refractivity contribution is 9.10. The molecule has 0 aliphatic heterocycles. The Morgan fingerprint density at radius 1 is 1.19 bits per heavy atom. The minimum Gasteiger partial charge on any atom is -0.505 e. The van der Waals surface area contributed by atoms with E-state index in [0.717, 1.165) is 4.47 Å². The van der Waals surface area contributed by atoms with Crippen LogP contribution in [0.3, 0.4) is 0 Å². The maximum Gasteiger partial charge on any atom is 0.257 e. The van der Waals surface area contributed by atoms with E-state index in [2.05, 4.69) is 43.5 Å². The van der Waals surface area contributed by atoms with Gasteiger partial charge in [0, 0.05) is 18.6 Å². The summed E-state index contributed by atoms with van der Waals surface area (Å²) in [6.07, 6.45) is 0. The van der Waals surface area contributed by atoms with E-state index in [1.54, 1.807) is 39.2 Å². The number of hydrogen-bond acceptors (Lipinski definition) is 5. The van der Waals surface area contributed by atoms with Crippen LogP contribution in [-0.2, 0) is 0 Å². The first kappa shape index (κ1) is 20.8. The molecular formula is C18H20BrN5O2S. The Kier molecular flexibility index (Phi) is 6.86. The van der Waals surface area contributed by atoms with Crippen molar-refractivity contribution in [2.75, 3.05) is 14.1 Å². The normalized spacial score (nSPS) is 12.0. The summed E-state index contributed by atoms with van der Waals surface area (Å²) < 4.78 is 3.37. The van der Waals surface area contributed by atoms with Crippen molar-refractivity contribution < 1.29 is 9.90 Å². The van der Waals surface area contributed by atoms with Gasteiger partial charge < -0.3 is 20.5 Å². The van der Waals surface area contributed by atoms with Gasteiger partial charge in [0.05, 0.1) is 11.3 Å². The number of phenolic OH excluding ortho intramolecular Hbond substituents is 1. The smallest absolute Gasteiger partial charge is 0.257 e. The molecule has 0 aliphatic carbocycles. The number of aromatic hydroxyl groups is 1. The lowest BCUT2D eigenvalue weighted by Gasteiger charge is -2.15. The van der Waals surface area contributed by atoms with E-state index < -0.39 is 0 Å². The molecule has 0 bridgehead atoms. The number of amides is 1. The van der Waals surface area contributed by atoms with Crippen molar-refractivity contribution in [2.24, 2.45) is 15.7 Å². The van der Waals surface area contributed by atoms with E-state index >= 15 is 0 Å². The van der Waals surface area contributed by atoms with Gasteiger partial charge in [0.1, 0.15) is 5.69 Å². The van der Waals surface area contributed by atoms with E-state index in [9.17, 15) is 9.90 Å². The molecule has 142 valence electrons. The second kappa shape index (κ2) is 8.92. The number of carbonyl (C=O) groups excluding carboxylic acids is 1. The Morgan fingerprint density at radius 3 is 2.44 bits per heavy atom. The van der Waals surface area contributed by atoms with Gasteiger partial charge >= 0.3 is 0 Å². The van der Waals surface area contributed by atoms with Crippen LogP contribution >= 0.6 is 28.7 Å². The van der Waals surface area contributed by atoms with E-state index in [-0.39, 0.29) is 34.6 Å². The van der Waals surface area contributed by atoms with E-state index in [1.807, 2.05) is 18.2 Å². The van der Waals surface area contributed by atoms with Crippen molar-refractivity contribution in [1.29, 1.82) is 0 Å². The Morgan fingerprint density at radius 2 is 1.85 bits per heavy atom. The second-order valence-corrected chi connectivity index (χ2v) is 6.92. The molecule has 0 unspecified atom stereocenters. The lowest BCUT2D eigenvalue weighted by atomic mass is 10.1. The first-order chi connectivity index (χ1) is 12.8. The Hall–Kier alpha value is -2.52. The Balaban J connectivity index is 2.49. The summed E-state index contributed by atoms with van der Waals surface area (Å²) in [6.45, 7) is 1.74. The van der Waals surface area contributed by atoms with Crippen LogP contribution in [-0.4, -0.2) is 41.7 Å². The molecule has 0 aliphatic rings. The zero-order valence-corrected chi connectivity index (χ0v) is 17.5. The summed E-state index contributed by atoms with van der Waals surface area (Å²) in [7, 11) is 3.22. The second-order valence-electron chi connectivity index (χ2n) is 5.85. The number of carbonyl (C=O) groups is 1. The van der Waals surface area contributed by atoms with Crippen LogP contribution in [0.1, 0.15) is 15.9 Å². The van der Waals surface area contributed by atoms with E-state index in [0.29, 0.717) is 11.3 Å². The van der Waals surface area contributed by atoms with Crippen molar-refractivity contribution >= 4 is 57.7 Å². The van der Waals surface area contributed by atoms with Gasteiger partial charge in [-0.1, -0.05) is 31.0 Å². The Bertz CT molecular complexity index is 928. The van der Waals surface area contributed by atoms with Gasteiger partial charge in [-0.3, -0.25) is 4.79 Å².